The highest BCUT2D eigenvalue weighted by Gasteiger charge is 2.23. The van der Waals surface area contributed by atoms with Gasteiger partial charge in [0.2, 0.25) is 0 Å². The van der Waals surface area contributed by atoms with Gasteiger partial charge in [0.1, 0.15) is 12.4 Å². The number of rotatable bonds is 5. The Hall–Kier alpha value is -3.02. The maximum atomic E-state index is 11.6. The molecule has 1 N–H and O–H groups in total. The van der Waals surface area contributed by atoms with Gasteiger partial charge in [0.05, 0.1) is 23.2 Å². The topological polar surface area (TPSA) is 57.6 Å². The molecule has 0 amide bonds. The summed E-state index contributed by atoms with van der Waals surface area (Å²) in [6.45, 7) is 4.45. The molecule has 4 rings (SSSR count). The molecule has 26 heavy (non-hydrogen) atoms. The van der Waals surface area contributed by atoms with Gasteiger partial charge in [-0.2, -0.15) is 0 Å². The predicted octanol–water partition coefficient (Wildman–Crippen LogP) is 3.89. The van der Waals surface area contributed by atoms with Crippen molar-refractivity contribution in [3.63, 3.8) is 0 Å². The molecule has 1 aromatic heterocycles. The van der Waals surface area contributed by atoms with E-state index >= 15 is 0 Å². The molecule has 6 heteroatoms. The van der Waals surface area contributed by atoms with E-state index in [4.69, 9.17) is 9.57 Å². The molecule has 0 fully saturated rings. The number of aryl methyl sites for hydroxylation is 1. The lowest BCUT2D eigenvalue weighted by Gasteiger charge is -2.31. The quantitative estimate of drug-likeness (QED) is 0.708. The van der Waals surface area contributed by atoms with Crippen LogP contribution in [0.3, 0.4) is 0 Å². The number of hydrogen-bond donors (Lipinski definition) is 1. The molecular formula is C20H22N3O3+. The summed E-state index contributed by atoms with van der Waals surface area (Å²) in [5.41, 5.74) is 5.24. The van der Waals surface area contributed by atoms with E-state index in [0.29, 0.717) is 17.2 Å². The molecule has 0 saturated carbocycles. The lowest BCUT2D eigenvalue weighted by molar-refractivity contribution is -0.736. The molecule has 0 aliphatic carbocycles. The second-order valence-corrected chi connectivity index (χ2v) is 6.49. The minimum absolute atomic E-state index is 0.431. The number of hydrogen-bond acceptors (Lipinski definition) is 4. The number of nitrogens with one attached hydrogen (secondary N) is 1. The summed E-state index contributed by atoms with van der Waals surface area (Å²) in [6.07, 6.45) is 3.05. The molecule has 2 heterocycles. The Morgan fingerprint density at radius 2 is 2.19 bits per heavy atom. The molecular weight excluding hydrogens is 330 g/mol. The second kappa shape index (κ2) is 6.71. The van der Waals surface area contributed by atoms with E-state index in [1.54, 1.807) is 12.1 Å². The highest BCUT2D eigenvalue weighted by molar-refractivity contribution is 5.85. The van der Waals surface area contributed by atoms with Crippen molar-refractivity contribution in [2.24, 2.45) is 0 Å². The number of para-hydroxylation sites is 1. The number of H-pyrrole nitrogens is 1. The third kappa shape index (κ3) is 2.87. The van der Waals surface area contributed by atoms with E-state index in [0.717, 1.165) is 30.9 Å². The summed E-state index contributed by atoms with van der Waals surface area (Å²) < 4.78 is 5.74. The highest BCUT2D eigenvalue weighted by Crippen LogP contribution is 2.35. The highest BCUT2D eigenvalue weighted by atomic mass is 16.8. The molecule has 0 bridgehead atoms. The van der Waals surface area contributed by atoms with Crippen molar-refractivity contribution in [3.05, 3.63) is 58.6 Å². The van der Waals surface area contributed by atoms with Crippen molar-refractivity contribution in [3.8, 4) is 5.75 Å². The van der Waals surface area contributed by atoms with Gasteiger partial charge >= 0.3 is 5.69 Å². The lowest BCUT2D eigenvalue weighted by Crippen LogP contribution is -2.34. The summed E-state index contributed by atoms with van der Waals surface area (Å²) in [4.78, 5) is 22.5. The Kier molecular flexibility index (Phi) is 4.24. The van der Waals surface area contributed by atoms with Crippen LogP contribution in [0.15, 0.2) is 42.6 Å². The average molecular weight is 352 g/mol. The fourth-order valence-electron chi connectivity index (χ4n) is 3.54. The van der Waals surface area contributed by atoms with Crippen LogP contribution in [-0.2, 0) is 11.3 Å². The maximum absolute atomic E-state index is 11.6. The first-order valence-electron chi connectivity index (χ1n) is 8.76. The lowest BCUT2D eigenvalue weighted by atomic mass is 10.1. The molecule has 1 aliphatic heterocycles. The number of benzene rings is 2. The minimum Gasteiger partial charge on any atom is -0.489 e. The SMILES string of the molecule is CO[N+](=O)c1ccc2c(c1)OCCN2CCc1c[nH]c2c(C)cccc12. The van der Waals surface area contributed by atoms with Crippen LogP contribution in [0, 0.1) is 11.8 Å². The molecule has 0 unspecified atom stereocenters. The van der Waals surface area contributed by atoms with Crippen molar-refractivity contribution in [2.45, 2.75) is 13.3 Å². The van der Waals surface area contributed by atoms with Crippen LogP contribution in [0.1, 0.15) is 11.1 Å². The Balaban J connectivity index is 1.55. The summed E-state index contributed by atoms with van der Waals surface area (Å²) in [5, 5.41) is 1.29. The fourth-order valence-corrected chi connectivity index (χ4v) is 3.54. The van der Waals surface area contributed by atoms with Crippen molar-refractivity contribution >= 4 is 22.3 Å². The molecule has 3 aromatic rings. The molecule has 134 valence electrons. The molecule has 0 radical (unpaired) electrons. The molecule has 0 saturated heterocycles. The van der Waals surface area contributed by atoms with Crippen LogP contribution in [-0.4, -0.2) is 36.7 Å². The van der Waals surface area contributed by atoms with Gasteiger partial charge in [-0.25, -0.2) is 4.84 Å². The Morgan fingerprint density at radius 1 is 1.31 bits per heavy atom. The van der Waals surface area contributed by atoms with Crippen molar-refractivity contribution in [1.82, 2.24) is 4.98 Å². The molecule has 0 atom stereocenters. The number of aromatic amines is 1. The van der Waals surface area contributed by atoms with Crippen molar-refractivity contribution < 1.29 is 14.5 Å². The number of ether oxygens (including phenoxy) is 1. The second-order valence-electron chi connectivity index (χ2n) is 6.49. The van der Waals surface area contributed by atoms with E-state index in [2.05, 4.69) is 41.2 Å². The van der Waals surface area contributed by atoms with E-state index in [1.165, 1.54) is 29.1 Å². The first-order valence-corrected chi connectivity index (χ1v) is 8.76. The zero-order valence-corrected chi connectivity index (χ0v) is 15.0. The van der Waals surface area contributed by atoms with E-state index in [1.807, 2.05) is 6.07 Å². The third-order valence-electron chi connectivity index (χ3n) is 4.94. The number of anilines is 1. The standard InChI is InChI=1S/C20H22N3O3/c1-14-4-3-5-17-15(13-21-20(14)17)8-9-22-10-11-26-19-12-16(23(24)25-2)6-7-18(19)22/h3-7,12-13,21H,8-11H2,1-2H3/q+1. The first-order chi connectivity index (χ1) is 12.7. The third-order valence-corrected chi connectivity index (χ3v) is 4.94. The van der Waals surface area contributed by atoms with Gasteiger partial charge < -0.3 is 14.6 Å². The van der Waals surface area contributed by atoms with Gasteiger partial charge in [-0.3, -0.25) is 0 Å². The average Bonchev–Trinajstić information content (AvgIpc) is 3.09. The normalized spacial score (nSPS) is 13.4. The van der Waals surface area contributed by atoms with Crippen LogP contribution in [0.4, 0.5) is 11.4 Å². The number of aromatic nitrogens is 1. The number of nitrogens with zero attached hydrogens (tertiary/aromatic N) is 2. The smallest absolute Gasteiger partial charge is 0.320 e. The minimum atomic E-state index is 0.431. The Morgan fingerprint density at radius 3 is 3.04 bits per heavy atom. The Labute approximate surface area is 151 Å². The summed E-state index contributed by atoms with van der Waals surface area (Å²) in [5.74, 6) is 0.724. The molecule has 1 aliphatic rings. The molecule has 6 nitrogen and oxygen atoms in total. The van der Waals surface area contributed by atoms with E-state index in [-0.39, 0.29) is 0 Å². The zero-order valence-electron chi connectivity index (χ0n) is 15.0. The predicted molar refractivity (Wildman–Crippen MR) is 101 cm³/mol. The molecule has 2 aromatic carbocycles. The Bertz CT molecular complexity index is 964. The van der Waals surface area contributed by atoms with Crippen molar-refractivity contribution in [1.29, 1.82) is 0 Å². The number of fused-ring (bicyclic) bond motifs is 2. The van der Waals surface area contributed by atoms with Gasteiger partial charge in [-0.15, -0.1) is 0 Å². The van der Waals surface area contributed by atoms with Gasteiger partial charge in [-0.1, -0.05) is 18.2 Å². The van der Waals surface area contributed by atoms with Gasteiger partial charge in [0.15, 0.2) is 7.11 Å². The molecule has 0 spiro atoms. The van der Waals surface area contributed by atoms with E-state index < -0.39 is 0 Å². The van der Waals surface area contributed by atoms with Crippen LogP contribution >= 0.6 is 0 Å². The summed E-state index contributed by atoms with van der Waals surface area (Å²) in [7, 11) is 1.35. The first kappa shape index (κ1) is 16.4. The van der Waals surface area contributed by atoms with Gasteiger partial charge in [0, 0.05) is 29.7 Å². The summed E-state index contributed by atoms with van der Waals surface area (Å²) in [6, 6.07) is 11.8. The zero-order chi connectivity index (χ0) is 18.1. The van der Waals surface area contributed by atoms with Crippen LogP contribution in [0.2, 0.25) is 0 Å². The van der Waals surface area contributed by atoms with Crippen molar-refractivity contribution in [2.75, 3.05) is 31.7 Å². The maximum Gasteiger partial charge on any atom is 0.320 e. The van der Waals surface area contributed by atoms with Gasteiger partial charge in [-0.05, 0) is 30.5 Å². The van der Waals surface area contributed by atoms with Crippen LogP contribution in [0.5, 0.6) is 5.75 Å². The van der Waals surface area contributed by atoms with Gasteiger partial charge in [0.25, 0.3) is 4.92 Å². The fraction of sp³-hybridized carbons (Fsp3) is 0.300. The largest absolute Gasteiger partial charge is 0.489 e. The van der Waals surface area contributed by atoms with Crippen LogP contribution in [0.25, 0.3) is 10.9 Å². The van der Waals surface area contributed by atoms with Crippen LogP contribution < -0.4 is 9.64 Å². The summed E-state index contributed by atoms with van der Waals surface area (Å²) >= 11 is 0. The monoisotopic (exact) mass is 352 g/mol. The van der Waals surface area contributed by atoms with E-state index in [9.17, 15) is 4.91 Å².